The largest absolute Gasteiger partial charge is 0.268 e. The second kappa shape index (κ2) is 2.88. The van der Waals surface area contributed by atoms with Gasteiger partial charge in [0.05, 0.1) is 0 Å². The third-order valence-electron chi connectivity index (χ3n) is 2.40. The van der Waals surface area contributed by atoms with Gasteiger partial charge in [-0.25, -0.2) is 5.01 Å². The Morgan fingerprint density at radius 1 is 1.33 bits per heavy atom. The first-order valence-electron chi connectivity index (χ1n) is 4.34. The predicted octanol–water partition coefficient (Wildman–Crippen LogP) is 1.23. The molecule has 2 heteroatoms. The van der Waals surface area contributed by atoms with Crippen molar-refractivity contribution in [2.75, 3.05) is 6.54 Å². The van der Waals surface area contributed by atoms with Crippen molar-refractivity contribution >= 4 is 0 Å². The van der Waals surface area contributed by atoms with Gasteiger partial charge < -0.3 is 0 Å². The van der Waals surface area contributed by atoms with Crippen molar-refractivity contribution in [3.63, 3.8) is 0 Å². The molecule has 0 aliphatic carbocycles. The lowest BCUT2D eigenvalue weighted by molar-refractivity contribution is 0.262. The number of rotatable bonds is 0. The minimum absolute atomic E-state index is 0.900. The number of hydrazine groups is 1. The fraction of sp³-hybridized carbons (Fsp3) is 0.400. The molecule has 0 unspecified atom stereocenters. The Bertz CT molecular complexity index is 294. The topological polar surface area (TPSA) is 29.3 Å². The van der Waals surface area contributed by atoms with E-state index in [1.165, 1.54) is 16.7 Å². The summed E-state index contributed by atoms with van der Waals surface area (Å²) in [4.78, 5) is 0. The number of nitrogens with two attached hydrogens (primary N) is 1. The molecule has 0 radical (unpaired) electrons. The molecule has 0 amide bonds. The van der Waals surface area contributed by atoms with Crippen LogP contribution in [-0.2, 0) is 13.0 Å². The maximum atomic E-state index is 5.73. The lowest BCUT2D eigenvalue weighted by Gasteiger charge is -2.24. The van der Waals surface area contributed by atoms with Crippen LogP contribution < -0.4 is 5.84 Å². The normalized spacial score (nSPS) is 17.5. The summed E-state index contributed by atoms with van der Waals surface area (Å²) >= 11 is 0. The Morgan fingerprint density at radius 3 is 3.00 bits per heavy atom. The van der Waals surface area contributed by atoms with Crippen molar-refractivity contribution in [1.82, 2.24) is 5.01 Å². The van der Waals surface area contributed by atoms with Crippen LogP contribution in [0.5, 0.6) is 0 Å². The number of nitrogens with zero attached hydrogens (tertiary/aromatic N) is 1. The molecule has 2 N–H and O–H groups in total. The van der Waals surface area contributed by atoms with Gasteiger partial charge in [0, 0.05) is 13.1 Å². The summed E-state index contributed by atoms with van der Waals surface area (Å²) in [6.45, 7) is 4.00. The zero-order valence-corrected chi connectivity index (χ0v) is 7.38. The van der Waals surface area contributed by atoms with Crippen molar-refractivity contribution < 1.29 is 0 Å². The summed E-state index contributed by atoms with van der Waals surface area (Å²) < 4.78 is 0. The average Bonchev–Trinajstić information content (AvgIpc) is 2.03. The zero-order chi connectivity index (χ0) is 8.55. The number of fused-ring (bicyclic) bond motifs is 1. The lowest BCUT2D eigenvalue weighted by atomic mass is 9.99. The summed E-state index contributed by atoms with van der Waals surface area (Å²) in [6, 6.07) is 6.62. The summed E-state index contributed by atoms with van der Waals surface area (Å²) in [5.41, 5.74) is 4.18. The van der Waals surface area contributed by atoms with Gasteiger partial charge in [-0.15, -0.1) is 0 Å². The Labute approximate surface area is 73.0 Å². The van der Waals surface area contributed by atoms with E-state index in [4.69, 9.17) is 5.84 Å². The number of hydrogen-bond acceptors (Lipinski definition) is 2. The van der Waals surface area contributed by atoms with Crippen molar-refractivity contribution in [3.8, 4) is 0 Å². The maximum absolute atomic E-state index is 5.73. The highest BCUT2D eigenvalue weighted by molar-refractivity contribution is 5.32. The zero-order valence-electron chi connectivity index (χ0n) is 7.38. The Kier molecular flexibility index (Phi) is 1.87. The van der Waals surface area contributed by atoms with Gasteiger partial charge >= 0.3 is 0 Å². The van der Waals surface area contributed by atoms with Crippen LogP contribution in [0.4, 0.5) is 0 Å². The molecule has 0 fully saturated rings. The Hall–Kier alpha value is -0.860. The fourth-order valence-electron chi connectivity index (χ4n) is 1.71. The first-order chi connectivity index (χ1) is 5.75. The van der Waals surface area contributed by atoms with E-state index in [1.54, 1.807) is 0 Å². The van der Waals surface area contributed by atoms with Gasteiger partial charge in [-0.3, -0.25) is 5.84 Å². The molecule has 2 nitrogen and oxygen atoms in total. The van der Waals surface area contributed by atoms with E-state index < -0.39 is 0 Å². The molecule has 1 heterocycles. The molecule has 1 aromatic carbocycles. The number of hydrogen-bond donors (Lipinski definition) is 1. The van der Waals surface area contributed by atoms with Crippen LogP contribution in [0, 0.1) is 6.92 Å². The third kappa shape index (κ3) is 1.36. The average molecular weight is 162 g/mol. The van der Waals surface area contributed by atoms with E-state index in [-0.39, 0.29) is 0 Å². The van der Waals surface area contributed by atoms with Gasteiger partial charge in [-0.1, -0.05) is 23.8 Å². The second-order valence-corrected chi connectivity index (χ2v) is 3.49. The molecule has 12 heavy (non-hydrogen) atoms. The quantitative estimate of drug-likeness (QED) is 0.581. The van der Waals surface area contributed by atoms with E-state index in [1.807, 2.05) is 5.01 Å². The highest BCUT2D eigenvalue weighted by atomic mass is 15.4. The number of benzene rings is 1. The Morgan fingerprint density at radius 2 is 2.17 bits per heavy atom. The number of aryl methyl sites for hydroxylation is 1. The van der Waals surface area contributed by atoms with Crippen LogP contribution in [0.3, 0.4) is 0 Å². The molecular formula is C10H14N2. The lowest BCUT2D eigenvalue weighted by Crippen LogP contribution is -2.36. The molecule has 0 spiro atoms. The second-order valence-electron chi connectivity index (χ2n) is 3.49. The van der Waals surface area contributed by atoms with Crippen LogP contribution in [0.25, 0.3) is 0 Å². The van der Waals surface area contributed by atoms with Gasteiger partial charge in [0.2, 0.25) is 0 Å². The molecule has 0 saturated carbocycles. The molecule has 64 valence electrons. The van der Waals surface area contributed by atoms with Crippen molar-refractivity contribution in [2.24, 2.45) is 5.84 Å². The van der Waals surface area contributed by atoms with Crippen LogP contribution in [0.2, 0.25) is 0 Å². The van der Waals surface area contributed by atoms with E-state index in [0.29, 0.717) is 0 Å². The van der Waals surface area contributed by atoms with E-state index in [9.17, 15) is 0 Å². The molecular weight excluding hydrogens is 148 g/mol. The SMILES string of the molecule is Cc1ccc2c(c1)CN(N)CC2. The monoisotopic (exact) mass is 162 g/mol. The minimum atomic E-state index is 0.900. The van der Waals surface area contributed by atoms with Crippen molar-refractivity contribution in [2.45, 2.75) is 19.9 Å². The highest BCUT2D eigenvalue weighted by Gasteiger charge is 2.12. The van der Waals surface area contributed by atoms with Crippen molar-refractivity contribution in [3.05, 3.63) is 34.9 Å². The smallest absolute Gasteiger partial charge is 0.0382 e. The van der Waals surface area contributed by atoms with Gasteiger partial charge in [0.1, 0.15) is 0 Å². The van der Waals surface area contributed by atoms with E-state index >= 15 is 0 Å². The summed E-state index contributed by atoms with van der Waals surface area (Å²) in [6.07, 6.45) is 1.09. The minimum Gasteiger partial charge on any atom is -0.268 e. The molecule has 2 rings (SSSR count). The molecule has 1 aliphatic rings. The van der Waals surface area contributed by atoms with Crippen LogP contribution >= 0.6 is 0 Å². The van der Waals surface area contributed by atoms with Gasteiger partial charge in [0.25, 0.3) is 0 Å². The van der Waals surface area contributed by atoms with Crippen LogP contribution in [0.1, 0.15) is 16.7 Å². The standard InChI is InChI=1S/C10H14N2/c1-8-2-3-9-4-5-12(11)7-10(9)6-8/h2-3,6H,4-5,7,11H2,1H3. The molecule has 1 aliphatic heterocycles. The summed E-state index contributed by atoms with van der Waals surface area (Å²) in [5.74, 6) is 5.73. The molecule has 0 saturated heterocycles. The molecule has 0 aromatic heterocycles. The first-order valence-corrected chi connectivity index (χ1v) is 4.34. The predicted molar refractivity (Wildman–Crippen MR) is 49.5 cm³/mol. The van der Waals surface area contributed by atoms with Gasteiger partial charge in [-0.05, 0) is 24.5 Å². The third-order valence-corrected chi connectivity index (χ3v) is 2.40. The van der Waals surface area contributed by atoms with E-state index in [2.05, 4.69) is 25.1 Å². The molecule has 0 bridgehead atoms. The molecule has 0 atom stereocenters. The van der Waals surface area contributed by atoms with Gasteiger partial charge in [0.15, 0.2) is 0 Å². The first kappa shape index (κ1) is 7.77. The fourth-order valence-corrected chi connectivity index (χ4v) is 1.71. The molecule has 1 aromatic rings. The van der Waals surface area contributed by atoms with Crippen LogP contribution in [-0.4, -0.2) is 11.6 Å². The maximum Gasteiger partial charge on any atom is 0.0382 e. The highest BCUT2D eigenvalue weighted by Crippen LogP contribution is 2.17. The summed E-state index contributed by atoms with van der Waals surface area (Å²) in [7, 11) is 0. The van der Waals surface area contributed by atoms with Gasteiger partial charge in [-0.2, -0.15) is 0 Å². The van der Waals surface area contributed by atoms with Crippen LogP contribution in [0.15, 0.2) is 18.2 Å². The Balaban J connectivity index is 2.37. The summed E-state index contributed by atoms with van der Waals surface area (Å²) in [5, 5.41) is 1.88. The van der Waals surface area contributed by atoms with Crippen molar-refractivity contribution in [1.29, 1.82) is 0 Å². The van der Waals surface area contributed by atoms with E-state index in [0.717, 1.165) is 19.5 Å².